The molecule has 2 amide bonds. The van der Waals surface area contributed by atoms with E-state index in [1.165, 1.54) is 18.3 Å². The van der Waals surface area contributed by atoms with Crippen molar-refractivity contribution in [3.05, 3.63) is 52.5 Å². The maximum absolute atomic E-state index is 12.0. The van der Waals surface area contributed by atoms with Crippen LogP contribution >= 0.6 is 11.3 Å². The van der Waals surface area contributed by atoms with Crippen LogP contribution in [0.5, 0.6) is 0 Å². The largest absolute Gasteiger partial charge is 0.350 e. The molecule has 0 spiro atoms. The Morgan fingerprint density at radius 2 is 2.14 bits per heavy atom. The second-order valence-corrected chi connectivity index (χ2v) is 5.55. The van der Waals surface area contributed by atoms with Crippen LogP contribution in [0.2, 0.25) is 0 Å². The van der Waals surface area contributed by atoms with E-state index in [9.17, 15) is 9.59 Å². The number of amides is 2. The van der Waals surface area contributed by atoms with Crippen molar-refractivity contribution in [3.63, 3.8) is 0 Å². The lowest BCUT2D eigenvalue weighted by Gasteiger charge is -2.16. The van der Waals surface area contributed by atoms with E-state index in [1.807, 2.05) is 35.7 Å². The van der Waals surface area contributed by atoms with Crippen LogP contribution in [-0.4, -0.2) is 16.8 Å². The molecule has 2 aromatic heterocycles. The highest BCUT2D eigenvalue weighted by molar-refractivity contribution is 7.10. The van der Waals surface area contributed by atoms with E-state index in [4.69, 9.17) is 0 Å². The van der Waals surface area contributed by atoms with Gasteiger partial charge in [0.25, 0.3) is 0 Å². The van der Waals surface area contributed by atoms with Gasteiger partial charge in [-0.25, -0.2) is 0 Å². The van der Waals surface area contributed by atoms with Gasteiger partial charge in [0.15, 0.2) is 0 Å². The molecule has 0 aliphatic carbocycles. The van der Waals surface area contributed by atoms with Gasteiger partial charge in [0.1, 0.15) is 0 Å². The standard InChI is InChI=1S/C15H17N3O2S/c1-11(19)18-13(14-6-4-8-21-14)9-15(20)17-10-12-5-2-3-7-16-12/h2-8,13H,9-10H2,1H3,(H,17,20)(H,18,19)/t13-/m0/s1. The summed E-state index contributed by atoms with van der Waals surface area (Å²) in [5.41, 5.74) is 0.804. The number of hydrogen-bond donors (Lipinski definition) is 2. The fourth-order valence-corrected chi connectivity index (χ4v) is 2.68. The third-order valence-corrected chi connectivity index (χ3v) is 3.83. The van der Waals surface area contributed by atoms with Crippen molar-refractivity contribution in [2.24, 2.45) is 0 Å². The molecule has 6 heteroatoms. The molecule has 0 aliphatic heterocycles. The van der Waals surface area contributed by atoms with E-state index >= 15 is 0 Å². The molecule has 0 unspecified atom stereocenters. The number of carbonyl (C=O) groups excluding carboxylic acids is 2. The van der Waals surface area contributed by atoms with E-state index in [0.717, 1.165) is 10.6 Å². The molecule has 21 heavy (non-hydrogen) atoms. The Labute approximate surface area is 127 Å². The highest BCUT2D eigenvalue weighted by atomic mass is 32.1. The van der Waals surface area contributed by atoms with Crippen LogP contribution in [0.1, 0.15) is 30.0 Å². The van der Waals surface area contributed by atoms with Gasteiger partial charge >= 0.3 is 0 Å². The minimum atomic E-state index is -0.286. The molecule has 1 atom stereocenters. The topological polar surface area (TPSA) is 71.1 Å². The van der Waals surface area contributed by atoms with Gasteiger partial charge < -0.3 is 10.6 Å². The van der Waals surface area contributed by atoms with Gasteiger partial charge in [-0.1, -0.05) is 12.1 Å². The zero-order valence-corrected chi connectivity index (χ0v) is 12.5. The number of nitrogens with zero attached hydrogens (tertiary/aromatic N) is 1. The van der Waals surface area contributed by atoms with Crippen LogP contribution < -0.4 is 10.6 Å². The average molecular weight is 303 g/mol. The summed E-state index contributed by atoms with van der Waals surface area (Å²) in [6.45, 7) is 1.84. The van der Waals surface area contributed by atoms with Crippen molar-refractivity contribution < 1.29 is 9.59 Å². The summed E-state index contributed by atoms with van der Waals surface area (Å²) in [5, 5.41) is 7.55. The number of carbonyl (C=O) groups is 2. The smallest absolute Gasteiger partial charge is 0.222 e. The molecule has 0 fully saturated rings. The second kappa shape index (κ2) is 7.54. The molecule has 2 rings (SSSR count). The maximum atomic E-state index is 12.0. The van der Waals surface area contributed by atoms with Crippen molar-refractivity contribution in [1.82, 2.24) is 15.6 Å². The van der Waals surface area contributed by atoms with Crippen LogP contribution in [0.15, 0.2) is 41.9 Å². The van der Waals surface area contributed by atoms with Crippen molar-refractivity contribution >= 4 is 23.2 Å². The Morgan fingerprint density at radius 3 is 2.76 bits per heavy atom. The van der Waals surface area contributed by atoms with E-state index in [0.29, 0.717) is 6.54 Å². The first-order valence-electron chi connectivity index (χ1n) is 6.62. The number of thiophene rings is 1. The van der Waals surface area contributed by atoms with Gasteiger partial charge in [-0.2, -0.15) is 0 Å². The van der Waals surface area contributed by atoms with Gasteiger partial charge in [0.05, 0.1) is 24.7 Å². The third-order valence-electron chi connectivity index (χ3n) is 2.85. The third kappa shape index (κ3) is 5.00. The van der Waals surface area contributed by atoms with Gasteiger partial charge in [-0.3, -0.25) is 14.6 Å². The van der Waals surface area contributed by atoms with E-state index in [-0.39, 0.29) is 24.3 Å². The van der Waals surface area contributed by atoms with Gasteiger partial charge in [-0.15, -0.1) is 11.3 Å². The number of rotatable bonds is 6. The molecule has 0 aromatic carbocycles. The summed E-state index contributed by atoms with van der Waals surface area (Å²) < 4.78 is 0. The number of nitrogens with one attached hydrogen (secondary N) is 2. The van der Waals surface area contributed by atoms with Crippen molar-refractivity contribution in [3.8, 4) is 0 Å². The molecular formula is C15H17N3O2S. The Morgan fingerprint density at radius 1 is 1.29 bits per heavy atom. The van der Waals surface area contributed by atoms with E-state index in [1.54, 1.807) is 6.20 Å². The quantitative estimate of drug-likeness (QED) is 0.857. The van der Waals surface area contributed by atoms with Gasteiger partial charge in [0, 0.05) is 18.0 Å². The highest BCUT2D eigenvalue weighted by Gasteiger charge is 2.17. The second-order valence-electron chi connectivity index (χ2n) is 4.57. The monoisotopic (exact) mass is 303 g/mol. The molecule has 2 N–H and O–H groups in total. The highest BCUT2D eigenvalue weighted by Crippen LogP contribution is 2.21. The number of hydrogen-bond acceptors (Lipinski definition) is 4. The fraction of sp³-hybridized carbons (Fsp3) is 0.267. The Balaban J connectivity index is 1.90. The van der Waals surface area contributed by atoms with E-state index in [2.05, 4.69) is 15.6 Å². The molecule has 0 bridgehead atoms. The summed E-state index contributed by atoms with van der Waals surface area (Å²) in [6, 6.07) is 9.09. The van der Waals surface area contributed by atoms with Crippen LogP contribution in [0, 0.1) is 0 Å². The Bertz CT molecular complexity index is 584. The maximum Gasteiger partial charge on any atom is 0.222 e. The molecule has 2 aromatic rings. The molecule has 110 valence electrons. The van der Waals surface area contributed by atoms with E-state index < -0.39 is 0 Å². The first-order valence-corrected chi connectivity index (χ1v) is 7.50. The predicted molar refractivity (Wildman–Crippen MR) is 81.6 cm³/mol. The van der Waals surface area contributed by atoms with Crippen LogP contribution in [0.4, 0.5) is 0 Å². The summed E-state index contributed by atoms with van der Waals surface area (Å²) in [5.74, 6) is -0.265. The fourth-order valence-electron chi connectivity index (χ4n) is 1.91. The van der Waals surface area contributed by atoms with Crippen molar-refractivity contribution in [2.75, 3.05) is 0 Å². The van der Waals surface area contributed by atoms with Crippen molar-refractivity contribution in [2.45, 2.75) is 25.9 Å². The zero-order valence-electron chi connectivity index (χ0n) is 11.7. The van der Waals surface area contributed by atoms with Gasteiger partial charge in [-0.05, 0) is 23.6 Å². The first kappa shape index (κ1) is 15.2. The summed E-state index contributed by atoms with van der Waals surface area (Å²) in [4.78, 5) is 28.4. The molecule has 2 heterocycles. The number of aromatic nitrogens is 1. The lowest BCUT2D eigenvalue weighted by molar-refractivity contribution is -0.122. The summed E-state index contributed by atoms with van der Waals surface area (Å²) in [6.07, 6.45) is 1.90. The lowest BCUT2D eigenvalue weighted by atomic mass is 10.1. The normalized spacial score (nSPS) is 11.7. The Kier molecular flexibility index (Phi) is 5.45. The number of pyridine rings is 1. The average Bonchev–Trinajstić information content (AvgIpc) is 2.99. The predicted octanol–water partition coefficient (Wildman–Crippen LogP) is 2.03. The molecular weight excluding hydrogens is 286 g/mol. The van der Waals surface area contributed by atoms with Gasteiger partial charge in [0.2, 0.25) is 11.8 Å². The molecule has 0 saturated heterocycles. The lowest BCUT2D eigenvalue weighted by Crippen LogP contribution is -2.32. The Hall–Kier alpha value is -2.21. The molecule has 5 nitrogen and oxygen atoms in total. The minimum Gasteiger partial charge on any atom is -0.350 e. The summed E-state index contributed by atoms with van der Waals surface area (Å²) >= 11 is 1.52. The first-order chi connectivity index (χ1) is 10.1. The van der Waals surface area contributed by atoms with Crippen LogP contribution in [0.25, 0.3) is 0 Å². The van der Waals surface area contributed by atoms with Crippen molar-refractivity contribution in [1.29, 1.82) is 0 Å². The molecule has 0 saturated carbocycles. The van der Waals surface area contributed by atoms with Crippen LogP contribution in [-0.2, 0) is 16.1 Å². The molecule has 0 aliphatic rings. The SMILES string of the molecule is CC(=O)N[C@@H](CC(=O)NCc1ccccn1)c1cccs1. The zero-order chi connectivity index (χ0) is 15.1. The summed E-state index contributed by atoms with van der Waals surface area (Å²) in [7, 11) is 0. The molecule has 0 radical (unpaired) electrons. The van der Waals surface area contributed by atoms with Crippen LogP contribution in [0.3, 0.4) is 0 Å². The minimum absolute atomic E-state index is 0.118.